The molecule has 1 fully saturated rings. The molecule has 0 saturated heterocycles. The van der Waals surface area contributed by atoms with Gasteiger partial charge >= 0.3 is 0 Å². The highest BCUT2D eigenvalue weighted by atomic mass is 16.5. The van der Waals surface area contributed by atoms with Crippen LogP contribution in [0.1, 0.15) is 30.9 Å². The van der Waals surface area contributed by atoms with Gasteiger partial charge in [0.2, 0.25) is 0 Å². The summed E-state index contributed by atoms with van der Waals surface area (Å²) < 4.78 is 16.1. The van der Waals surface area contributed by atoms with E-state index in [0.717, 1.165) is 29.4 Å². The molecule has 0 aromatic heterocycles. The topological polar surface area (TPSA) is 53.7 Å². The normalized spacial score (nSPS) is 16.2. The highest BCUT2D eigenvalue weighted by Gasteiger charge is 2.28. The van der Waals surface area contributed by atoms with Crippen molar-refractivity contribution in [1.29, 1.82) is 0 Å². The van der Waals surface area contributed by atoms with Gasteiger partial charge < -0.3 is 19.9 Å². The monoisotopic (exact) mass is 251 g/mol. The summed E-state index contributed by atoms with van der Waals surface area (Å²) in [6.07, 6.45) is 3.56. The van der Waals surface area contributed by atoms with Gasteiger partial charge in [0.25, 0.3) is 0 Å². The summed E-state index contributed by atoms with van der Waals surface area (Å²) in [7, 11) is 4.90. The summed E-state index contributed by atoms with van der Waals surface area (Å²) in [4.78, 5) is 0. The minimum atomic E-state index is -0.0479. The average molecular weight is 251 g/mol. The molecule has 1 aliphatic rings. The summed E-state index contributed by atoms with van der Waals surface area (Å²) in [5.74, 6) is 2.95. The van der Waals surface area contributed by atoms with Crippen molar-refractivity contribution in [1.82, 2.24) is 0 Å². The molecule has 1 saturated carbocycles. The summed E-state index contributed by atoms with van der Waals surface area (Å²) in [6.45, 7) is 0. The van der Waals surface area contributed by atoms with E-state index in [1.165, 1.54) is 12.8 Å². The third kappa shape index (κ3) is 2.70. The first-order valence-electron chi connectivity index (χ1n) is 6.25. The molecule has 0 spiro atoms. The molecule has 0 unspecified atom stereocenters. The van der Waals surface area contributed by atoms with Crippen molar-refractivity contribution in [3.05, 3.63) is 17.7 Å². The Labute approximate surface area is 108 Å². The van der Waals surface area contributed by atoms with Crippen molar-refractivity contribution < 1.29 is 14.2 Å². The molecule has 2 N–H and O–H groups in total. The maximum Gasteiger partial charge on any atom is 0.131 e. The predicted molar refractivity (Wildman–Crippen MR) is 70.4 cm³/mol. The van der Waals surface area contributed by atoms with Crippen LogP contribution in [0, 0.1) is 5.92 Å². The Morgan fingerprint density at radius 1 is 1.11 bits per heavy atom. The van der Waals surface area contributed by atoms with E-state index in [9.17, 15) is 0 Å². The molecule has 18 heavy (non-hydrogen) atoms. The second-order valence-corrected chi connectivity index (χ2v) is 4.73. The third-order valence-corrected chi connectivity index (χ3v) is 3.41. The van der Waals surface area contributed by atoms with Gasteiger partial charge in [0.1, 0.15) is 17.2 Å². The van der Waals surface area contributed by atoms with E-state index >= 15 is 0 Å². The Morgan fingerprint density at radius 3 is 2.06 bits per heavy atom. The molecule has 0 heterocycles. The van der Waals surface area contributed by atoms with Crippen LogP contribution in [0.5, 0.6) is 17.2 Å². The average Bonchev–Trinajstić information content (AvgIpc) is 3.20. The smallest absolute Gasteiger partial charge is 0.131 e. The van der Waals surface area contributed by atoms with Crippen molar-refractivity contribution in [2.75, 3.05) is 21.3 Å². The molecule has 0 bridgehead atoms. The zero-order valence-electron chi connectivity index (χ0n) is 11.2. The second kappa shape index (κ2) is 5.48. The molecule has 4 heteroatoms. The summed E-state index contributed by atoms with van der Waals surface area (Å²) in [6, 6.07) is 3.66. The zero-order chi connectivity index (χ0) is 13.1. The SMILES string of the molecule is COc1cc(OC)c([C@@H](N)CC2CC2)c(OC)c1. The van der Waals surface area contributed by atoms with Crippen LogP contribution in [-0.4, -0.2) is 21.3 Å². The lowest BCUT2D eigenvalue weighted by Crippen LogP contribution is -2.14. The number of methoxy groups -OCH3 is 3. The van der Waals surface area contributed by atoms with Crippen molar-refractivity contribution in [3.8, 4) is 17.2 Å². The molecule has 2 rings (SSSR count). The first kappa shape index (κ1) is 13.0. The summed E-state index contributed by atoms with van der Waals surface area (Å²) in [5, 5.41) is 0. The van der Waals surface area contributed by atoms with Gasteiger partial charge in [-0.15, -0.1) is 0 Å². The maximum absolute atomic E-state index is 6.28. The lowest BCUT2D eigenvalue weighted by atomic mass is 9.99. The van der Waals surface area contributed by atoms with Crippen LogP contribution in [-0.2, 0) is 0 Å². The maximum atomic E-state index is 6.28. The molecule has 100 valence electrons. The molecule has 1 aromatic rings. The fourth-order valence-electron chi connectivity index (χ4n) is 2.23. The van der Waals surface area contributed by atoms with Gasteiger partial charge in [-0.05, 0) is 12.3 Å². The second-order valence-electron chi connectivity index (χ2n) is 4.73. The van der Waals surface area contributed by atoms with Gasteiger partial charge in [-0.25, -0.2) is 0 Å². The first-order valence-corrected chi connectivity index (χ1v) is 6.25. The minimum Gasteiger partial charge on any atom is -0.496 e. The van der Waals surface area contributed by atoms with Crippen molar-refractivity contribution in [3.63, 3.8) is 0 Å². The molecule has 1 aliphatic carbocycles. The van der Waals surface area contributed by atoms with Crippen molar-refractivity contribution >= 4 is 0 Å². The van der Waals surface area contributed by atoms with Crippen LogP contribution in [0.4, 0.5) is 0 Å². The number of hydrogen-bond acceptors (Lipinski definition) is 4. The number of benzene rings is 1. The largest absolute Gasteiger partial charge is 0.496 e. The molecule has 0 amide bonds. The van der Waals surface area contributed by atoms with E-state index in [0.29, 0.717) is 5.75 Å². The van der Waals surface area contributed by atoms with E-state index in [1.54, 1.807) is 21.3 Å². The molecule has 1 aromatic carbocycles. The highest BCUT2D eigenvalue weighted by Crippen LogP contribution is 2.43. The molecule has 0 aliphatic heterocycles. The Bertz CT molecular complexity index is 390. The number of ether oxygens (including phenoxy) is 3. The molecule has 1 atom stereocenters. The van der Waals surface area contributed by atoms with E-state index in [1.807, 2.05) is 12.1 Å². The van der Waals surface area contributed by atoms with Gasteiger partial charge in [-0.1, -0.05) is 12.8 Å². The van der Waals surface area contributed by atoms with Crippen LogP contribution >= 0.6 is 0 Å². The lowest BCUT2D eigenvalue weighted by molar-refractivity contribution is 0.361. The molecular weight excluding hydrogens is 230 g/mol. The zero-order valence-corrected chi connectivity index (χ0v) is 11.2. The predicted octanol–water partition coefficient (Wildman–Crippen LogP) is 2.51. The van der Waals surface area contributed by atoms with Crippen molar-refractivity contribution in [2.24, 2.45) is 11.7 Å². The summed E-state index contributed by atoms with van der Waals surface area (Å²) in [5.41, 5.74) is 7.22. The van der Waals surface area contributed by atoms with Gasteiger partial charge in [0.15, 0.2) is 0 Å². The van der Waals surface area contributed by atoms with Crippen LogP contribution in [0.25, 0.3) is 0 Å². The Hall–Kier alpha value is -1.42. The molecular formula is C14H21NO3. The lowest BCUT2D eigenvalue weighted by Gasteiger charge is -2.19. The quantitative estimate of drug-likeness (QED) is 0.844. The molecule has 4 nitrogen and oxygen atoms in total. The Morgan fingerprint density at radius 2 is 1.67 bits per heavy atom. The third-order valence-electron chi connectivity index (χ3n) is 3.41. The van der Waals surface area contributed by atoms with Crippen molar-refractivity contribution in [2.45, 2.75) is 25.3 Å². The number of rotatable bonds is 6. The Balaban J connectivity index is 2.34. The van der Waals surface area contributed by atoms with E-state index in [4.69, 9.17) is 19.9 Å². The molecule has 0 radical (unpaired) electrons. The van der Waals surface area contributed by atoms with E-state index in [-0.39, 0.29) is 6.04 Å². The van der Waals surface area contributed by atoms with Gasteiger partial charge in [-0.2, -0.15) is 0 Å². The first-order chi connectivity index (χ1) is 8.69. The standard InChI is InChI=1S/C14H21NO3/c1-16-10-7-12(17-2)14(13(8-10)18-3)11(15)6-9-4-5-9/h7-9,11H,4-6,15H2,1-3H3/t11-/m0/s1. The highest BCUT2D eigenvalue weighted by molar-refractivity contribution is 5.52. The van der Waals surface area contributed by atoms with E-state index in [2.05, 4.69) is 0 Å². The minimum absolute atomic E-state index is 0.0479. The van der Waals surface area contributed by atoms with Crippen LogP contribution in [0.15, 0.2) is 12.1 Å². The fraction of sp³-hybridized carbons (Fsp3) is 0.571. The fourth-order valence-corrected chi connectivity index (χ4v) is 2.23. The van der Waals surface area contributed by atoms with Gasteiger partial charge in [0, 0.05) is 18.2 Å². The number of nitrogens with two attached hydrogens (primary N) is 1. The van der Waals surface area contributed by atoms with Crippen LogP contribution in [0.2, 0.25) is 0 Å². The summed E-state index contributed by atoms with van der Waals surface area (Å²) >= 11 is 0. The van der Waals surface area contributed by atoms with E-state index < -0.39 is 0 Å². The van der Waals surface area contributed by atoms with Crippen LogP contribution in [0.3, 0.4) is 0 Å². The van der Waals surface area contributed by atoms with Gasteiger partial charge in [0.05, 0.1) is 26.9 Å². The van der Waals surface area contributed by atoms with Gasteiger partial charge in [-0.3, -0.25) is 0 Å². The number of hydrogen-bond donors (Lipinski definition) is 1. The Kier molecular flexibility index (Phi) is 3.97. The van der Waals surface area contributed by atoms with Crippen LogP contribution < -0.4 is 19.9 Å².